The molecule has 0 aliphatic carbocycles. The molecule has 2 N–H and O–H groups in total. The predicted octanol–water partition coefficient (Wildman–Crippen LogP) is 6.65. The van der Waals surface area contributed by atoms with E-state index in [0.29, 0.717) is 16.3 Å². The molecule has 37 heavy (non-hydrogen) atoms. The lowest BCUT2D eigenvalue weighted by Crippen LogP contribution is -2.20. The maximum Gasteiger partial charge on any atom is 0.221 e. The Balaban J connectivity index is 1.80. The number of ketones is 1. The molecule has 1 unspecified atom stereocenters. The van der Waals surface area contributed by atoms with Gasteiger partial charge in [0.1, 0.15) is 0 Å². The van der Waals surface area contributed by atoms with Crippen LogP contribution in [-0.2, 0) is 14.4 Å². The fourth-order valence-electron chi connectivity index (χ4n) is 3.78. The number of Topliss-reactive ketones (excluding diaryl/α,β-unsaturated/α-hetero) is 1. The molecular weight excluding hydrogens is 490 g/mol. The molecule has 1 heterocycles. The maximum atomic E-state index is 12.6. The first kappa shape index (κ1) is 25.6. The van der Waals surface area contributed by atoms with Crippen LogP contribution in [0.3, 0.4) is 0 Å². The minimum atomic E-state index is -0.961. The lowest BCUT2D eigenvalue weighted by atomic mass is 10.0. The van der Waals surface area contributed by atoms with Gasteiger partial charge >= 0.3 is 0 Å². The molecule has 0 fully saturated rings. The summed E-state index contributed by atoms with van der Waals surface area (Å²) in [5.74, 6) is -0.832. The molecule has 0 saturated heterocycles. The second-order valence-electron chi connectivity index (χ2n) is 8.40. The number of benzene rings is 3. The van der Waals surface area contributed by atoms with Crippen LogP contribution >= 0.6 is 11.5 Å². The Morgan fingerprint density at radius 2 is 1.51 bits per heavy atom. The SMILES string of the molecule is CC(=O)Nc1cc(N=Nc2snc3ccccc23)cc(NC(C)=O)c1OC(C(C)=O)c1ccccc1C. The molecule has 0 aliphatic heterocycles. The lowest BCUT2D eigenvalue weighted by Gasteiger charge is -2.23. The molecule has 4 aromatic rings. The van der Waals surface area contributed by atoms with E-state index in [4.69, 9.17) is 4.74 Å². The zero-order chi connectivity index (χ0) is 26.5. The van der Waals surface area contributed by atoms with Crippen LogP contribution in [0.5, 0.6) is 5.75 Å². The number of aromatic nitrogens is 1. The second kappa shape index (κ2) is 11.1. The van der Waals surface area contributed by atoms with Crippen LogP contribution in [0.15, 0.2) is 70.9 Å². The van der Waals surface area contributed by atoms with E-state index >= 15 is 0 Å². The molecule has 0 spiro atoms. The number of nitrogens with zero attached hydrogens (tertiary/aromatic N) is 3. The summed E-state index contributed by atoms with van der Waals surface area (Å²) in [6.45, 7) is 6.01. The average molecular weight is 516 g/mol. The zero-order valence-corrected chi connectivity index (χ0v) is 21.6. The van der Waals surface area contributed by atoms with Gasteiger partial charge in [-0.15, -0.1) is 10.2 Å². The molecular formula is C27H25N5O4S. The molecule has 188 valence electrons. The Hall–Kier alpha value is -4.44. The highest BCUT2D eigenvalue weighted by molar-refractivity contribution is 7.11. The number of carbonyl (C=O) groups is 3. The number of carbonyl (C=O) groups excluding carboxylic acids is 3. The first-order valence-corrected chi connectivity index (χ1v) is 12.2. The Morgan fingerprint density at radius 1 is 0.892 bits per heavy atom. The quantitative estimate of drug-likeness (QED) is 0.255. The van der Waals surface area contributed by atoms with Gasteiger partial charge in [-0.2, -0.15) is 4.37 Å². The van der Waals surface area contributed by atoms with Gasteiger partial charge in [-0.25, -0.2) is 0 Å². The van der Waals surface area contributed by atoms with E-state index in [-0.39, 0.29) is 34.7 Å². The van der Waals surface area contributed by atoms with Gasteiger partial charge in [0.25, 0.3) is 0 Å². The van der Waals surface area contributed by atoms with Crippen molar-refractivity contribution in [1.29, 1.82) is 0 Å². The van der Waals surface area contributed by atoms with Crippen molar-refractivity contribution in [2.75, 3.05) is 10.6 Å². The molecule has 9 nitrogen and oxygen atoms in total. The van der Waals surface area contributed by atoms with E-state index in [1.54, 1.807) is 18.2 Å². The Bertz CT molecular complexity index is 1490. The van der Waals surface area contributed by atoms with Crippen LogP contribution in [0.4, 0.5) is 22.1 Å². The molecule has 1 aromatic heterocycles. The van der Waals surface area contributed by atoms with Gasteiger partial charge in [0.2, 0.25) is 11.8 Å². The topological polar surface area (TPSA) is 122 Å². The van der Waals surface area contributed by atoms with E-state index in [0.717, 1.165) is 16.5 Å². The van der Waals surface area contributed by atoms with Crippen molar-refractivity contribution in [2.24, 2.45) is 10.2 Å². The number of aryl methyl sites for hydroxylation is 1. The highest BCUT2D eigenvalue weighted by Gasteiger charge is 2.25. The number of hydrogen-bond donors (Lipinski definition) is 2. The monoisotopic (exact) mass is 515 g/mol. The number of nitrogens with one attached hydrogen (secondary N) is 2. The van der Waals surface area contributed by atoms with Crippen LogP contribution in [0.2, 0.25) is 0 Å². The number of amides is 2. The van der Waals surface area contributed by atoms with Crippen molar-refractivity contribution in [3.05, 3.63) is 71.8 Å². The lowest BCUT2D eigenvalue weighted by molar-refractivity contribution is -0.123. The third-order valence-electron chi connectivity index (χ3n) is 5.39. The molecule has 3 aromatic carbocycles. The Morgan fingerprint density at radius 3 is 2.14 bits per heavy atom. The van der Waals surface area contributed by atoms with E-state index in [1.807, 2.05) is 49.4 Å². The van der Waals surface area contributed by atoms with E-state index in [9.17, 15) is 14.4 Å². The van der Waals surface area contributed by atoms with Gasteiger partial charge in [-0.3, -0.25) is 14.4 Å². The Kier molecular flexibility index (Phi) is 7.69. The first-order chi connectivity index (χ1) is 17.7. The van der Waals surface area contributed by atoms with Crippen molar-refractivity contribution >= 4 is 62.1 Å². The van der Waals surface area contributed by atoms with Gasteiger partial charge in [-0.1, -0.05) is 36.4 Å². The smallest absolute Gasteiger partial charge is 0.221 e. The molecule has 0 radical (unpaired) electrons. The van der Waals surface area contributed by atoms with Crippen molar-refractivity contribution in [3.8, 4) is 5.75 Å². The summed E-state index contributed by atoms with van der Waals surface area (Å²) in [4.78, 5) is 36.8. The van der Waals surface area contributed by atoms with E-state index < -0.39 is 6.10 Å². The third-order valence-corrected chi connectivity index (χ3v) is 6.15. The summed E-state index contributed by atoms with van der Waals surface area (Å²) in [6.07, 6.45) is -0.961. The van der Waals surface area contributed by atoms with Gasteiger partial charge < -0.3 is 15.4 Å². The minimum Gasteiger partial charge on any atom is -0.474 e. The van der Waals surface area contributed by atoms with E-state index in [2.05, 4.69) is 25.2 Å². The van der Waals surface area contributed by atoms with Gasteiger partial charge in [-0.05, 0) is 55.2 Å². The van der Waals surface area contributed by atoms with Gasteiger partial charge in [0.05, 0.1) is 22.6 Å². The largest absolute Gasteiger partial charge is 0.474 e. The van der Waals surface area contributed by atoms with Gasteiger partial charge in [0, 0.05) is 24.8 Å². The molecule has 10 heteroatoms. The first-order valence-electron chi connectivity index (χ1n) is 11.4. The van der Waals surface area contributed by atoms with Crippen molar-refractivity contribution in [1.82, 2.24) is 4.37 Å². The fraction of sp³-hybridized carbons (Fsp3) is 0.185. The summed E-state index contributed by atoms with van der Waals surface area (Å²) in [5.41, 5.74) is 3.19. The minimum absolute atomic E-state index is 0.135. The van der Waals surface area contributed by atoms with Gasteiger partial charge in [0.15, 0.2) is 22.6 Å². The Labute approximate surface area is 217 Å². The summed E-state index contributed by atoms with van der Waals surface area (Å²) in [7, 11) is 0. The fourth-order valence-corrected chi connectivity index (χ4v) is 4.47. The summed E-state index contributed by atoms with van der Waals surface area (Å²) in [6, 6.07) is 18.1. The molecule has 0 saturated carbocycles. The maximum absolute atomic E-state index is 12.6. The van der Waals surface area contributed by atoms with Crippen molar-refractivity contribution in [3.63, 3.8) is 0 Å². The predicted molar refractivity (Wildman–Crippen MR) is 144 cm³/mol. The second-order valence-corrected chi connectivity index (χ2v) is 9.15. The highest BCUT2D eigenvalue weighted by atomic mass is 32.1. The van der Waals surface area contributed by atoms with Crippen molar-refractivity contribution < 1.29 is 19.1 Å². The zero-order valence-electron chi connectivity index (χ0n) is 20.7. The third kappa shape index (κ3) is 6.04. The van der Waals surface area contributed by atoms with Crippen LogP contribution in [-0.4, -0.2) is 22.0 Å². The number of anilines is 2. The number of ether oxygens (including phenoxy) is 1. The van der Waals surface area contributed by atoms with Crippen molar-refractivity contribution in [2.45, 2.75) is 33.8 Å². The normalized spacial score (nSPS) is 11.9. The number of rotatable bonds is 8. The summed E-state index contributed by atoms with van der Waals surface area (Å²) >= 11 is 1.21. The van der Waals surface area contributed by atoms with Crippen LogP contribution < -0.4 is 15.4 Å². The standard InChI is InChI=1S/C27H25N5O4S/c1-15-9-5-6-10-20(15)25(16(2)33)36-26-23(28-17(3)34)13-19(14-24(26)29-18(4)35)30-31-27-21-11-7-8-12-22(21)32-37-27/h5-14,25H,1-4H3,(H,28,34)(H,29,35). The molecule has 0 bridgehead atoms. The molecule has 0 aliphatic rings. The van der Waals surface area contributed by atoms with Crippen LogP contribution in [0.25, 0.3) is 10.9 Å². The van der Waals surface area contributed by atoms with Crippen LogP contribution in [0.1, 0.15) is 38.0 Å². The van der Waals surface area contributed by atoms with E-state index in [1.165, 1.54) is 32.3 Å². The number of hydrogen-bond acceptors (Lipinski definition) is 8. The number of fused-ring (bicyclic) bond motifs is 1. The highest BCUT2D eigenvalue weighted by Crippen LogP contribution is 2.42. The summed E-state index contributed by atoms with van der Waals surface area (Å²) < 4.78 is 10.6. The average Bonchev–Trinajstić information content (AvgIpc) is 3.25. The molecule has 1 atom stereocenters. The molecule has 4 rings (SSSR count). The summed E-state index contributed by atoms with van der Waals surface area (Å²) in [5, 5.41) is 15.6. The van der Waals surface area contributed by atoms with Crippen LogP contribution in [0, 0.1) is 6.92 Å². The number of azo groups is 1. The molecule has 2 amide bonds.